The molecule has 0 N–H and O–H groups in total. The van der Waals surface area contributed by atoms with Crippen molar-refractivity contribution in [1.29, 1.82) is 0 Å². The third kappa shape index (κ3) is 14.5. The highest BCUT2D eigenvalue weighted by atomic mass is 32.1. The lowest BCUT2D eigenvalue weighted by Crippen LogP contribution is -2.06. The van der Waals surface area contributed by atoms with Crippen LogP contribution in [0, 0.1) is 0 Å². The van der Waals surface area contributed by atoms with E-state index in [2.05, 4.69) is 457 Å². The van der Waals surface area contributed by atoms with E-state index in [9.17, 15) is 0 Å². The molecular weight excluding hydrogens is 1740 g/mol. The van der Waals surface area contributed by atoms with Crippen molar-refractivity contribution in [3.63, 3.8) is 0 Å². The van der Waals surface area contributed by atoms with Gasteiger partial charge in [0.05, 0.1) is 55.9 Å². The number of benzene rings is 19. The normalized spacial score (nSPS) is 11.6. The molecule has 9 heterocycles. The molecule has 13 heteroatoms. The highest BCUT2D eigenvalue weighted by Crippen LogP contribution is 2.49. The molecule has 0 atom stereocenters. The van der Waals surface area contributed by atoms with Gasteiger partial charge in [0.2, 0.25) is 11.9 Å². The first-order valence-corrected chi connectivity index (χ1v) is 48.7. The zero-order valence-electron chi connectivity index (χ0n) is 74.2. The van der Waals surface area contributed by atoms with Crippen LogP contribution >= 0.6 is 34.0 Å². The van der Waals surface area contributed by atoms with Crippen molar-refractivity contribution in [2.75, 3.05) is 0 Å². The number of nitrogens with zero attached hydrogens (tertiary/aromatic N) is 10. The summed E-state index contributed by atoms with van der Waals surface area (Å²) in [5.41, 5.74) is 25.5. The Morgan fingerprint density at radius 2 is 0.435 bits per heavy atom. The van der Waals surface area contributed by atoms with Crippen LogP contribution in [0.15, 0.2) is 473 Å². The van der Waals surface area contributed by atoms with Gasteiger partial charge in [0.15, 0.2) is 17.5 Å². The second-order valence-corrected chi connectivity index (χ2v) is 37.7. The van der Waals surface area contributed by atoms with Gasteiger partial charge in [-0.15, -0.1) is 34.0 Å². The fourth-order valence-electron chi connectivity index (χ4n) is 19.8. The Morgan fingerprint density at radius 3 is 0.848 bits per heavy atom. The first kappa shape index (κ1) is 81.2. The van der Waals surface area contributed by atoms with Crippen molar-refractivity contribution in [3.8, 4) is 130 Å². The Labute approximate surface area is 805 Å². The second kappa shape index (κ2) is 34.5. The first-order valence-electron chi connectivity index (χ1n) is 46.2. The Balaban J connectivity index is 0.000000107. The van der Waals surface area contributed by atoms with E-state index in [1.54, 1.807) is 0 Å². The molecule has 0 aliphatic heterocycles. The van der Waals surface area contributed by atoms with Crippen molar-refractivity contribution < 1.29 is 0 Å². The van der Waals surface area contributed by atoms with Crippen LogP contribution in [0.3, 0.4) is 0 Å². The smallest absolute Gasteiger partial charge is 0.238 e. The van der Waals surface area contributed by atoms with Crippen LogP contribution in [0.25, 0.3) is 256 Å². The lowest BCUT2D eigenvalue weighted by Gasteiger charge is -2.12. The van der Waals surface area contributed by atoms with Gasteiger partial charge in [-0.1, -0.05) is 388 Å². The van der Waals surface area contributed by atoms with Gasteiger partial charge in [0.25, 0.3) is 0 Å². The minimum atomic E-state index is 0.593. The third-order valence-corrected chi connectivity index (χ3v) is 30.0. The molecule has 10 nitrogen and oxygen atoms in total. The van der Waals surface area contributed by atoms with E-state index in [1.807, 2.05) is 64.3 Å². The third-order valence-electron chi connectivity index (χ3n) is 26.3. The molecule has 138 heavy (non-hydrogen) atoms. The molecule has 9 aromatic heterocycles. The molecule has 646 valence electrons. The van der Waals surface area contributed by atoms with Crippen molar-refractivity contribution in [2.45, 2.75) is 0 Å². The molecule has 0 unspecified atom stereocenters. The van der Waals surface area contributed by atoms with Crippen molar-refractivity contribution in [1.82, 2.24) is 48.6 Å². The number of fused-ring (bicyclic) bond motifs is 21. The van der Waals surface area contributed by atoms with Gasteiger partial charge in [-0.2, -0.15) is 9.97 Å². The molecule has 0 aliphatic carbocycles. The minimum absolute atomic E-state index is 0.593. The molecule has 0 bridgehead atoms. The highest BCUT2D eigenvalue weighted by molar-refractivity contribution is 7.27. The van der Waals surface area contributed by atoms with Crippen LogP contribution in [0.5, 0.6) is 0 Å². The fourth-order valence-corrected chi connectivity index (χ4v) is 23.6. The van der Waals surface area contributed by atoms with E-state index in [1.165, 1.54) is 121 Å². The Morgan fingerprint density at radius 1 is 0.152 bits per heavy atom. The van der Waals surface area contributed by atoms with E-state index < -0.39 is 0 Å². The predicted octanol–water partition coefficient (Wildman–Crippen LogP) is 33.9. The molecule has 0 saturated heterocycles. The summed E-state index contributed by atoms with van der Waals surface area (Å²) in [5, 5.41) is 15.2. The molecule has 19 aromatic carbocycles. The molecule has 0 radical (unpaired) electrons. The summed E-state index contributed by atoms with van der Waals surface area (Å²) >= 11 is 5.59. The zero-order chi connectivity index (χ0) is 91.1. The minimum Gasteiger partial charge on any atom is -0.309 e. The van der Waals surface area contributed by atoms with Gasteiger partial charge in [-0.3, -0.25) is 9.13 Å². The largest absolute Gasteiger partial charge is 0.309 e. The maximum Gasteiger partial charge on any atom is 0.238 e. The van der Waals surface area contributed by atoms with E-state index in [0.29, 0.717) is 29.4 Å². The molecule has 28 rings (SSSR count). The zero-order valence-corrected chi connectivity index (χ0v) is 76.7. The quantitative estimate of drug-likeness (QED) is 0.113. The summed E-state index contributed by atoms with van der Waals surface area (Å²) in [4.78, 5) is 36.2. The summed E-state index contributed by atoms with van der Waals surface area (Å²) in [7, 11) is 0. The molecule has 0 saturated carbocycles. The lowest BCUT2D eigenvalue weighted by atomic mass is 10.0. The molecule has 0 amide bonds. The van der Waals surface area contributed by atoms with Crippen molar-refractivity contribution in [2.24, 2.45) is 0 Å². The van der Waals surface area contributed by atoms with Gasteiger partial charge in [0, 0.05) is 137 Å². The number of para-hydroxylation sites is 3. The van der Waals surface area contributed by atoms with E-state index in [4.69, 9.17) is 34.9 Å². The molecule has 28 aromatic rings. The van der Waals surface area contributed by atoms with E-state index in [-0.39, 0.29) is 0 Å². The fraction of sp³-hybridized carbons (Fsp3) is 0. The van der Waals surface area contributed by atoms with Gasteiger partial charge in [0.1, 0.15) is 0 Å². The van der Waals surface area contributed by atoms with Crippen molar-refractivity contribution >= 4 is 160 Å². The summed E-state index contributed by atoms with van der Waals surface area (Å²) in [6.45, 7) is 0. The average Bonchev–Trinajstić information content (AvgIpc) is 1.57. The Bertz CT molecular complexity index is 9410. The van der Waals surface area contributed by atoms with Crippen LogP contribution in [-0.2, 0) is 0 Å². The van der Waals surface area contributed by atoms with Crippen LogP contribution in [-0.4, -0.2) is 48.6 Å². The average molecular weight is 1820 g/mol. The highest BCUT2D eigenvalue weighted by Gasteiger charge is 2.26. The maximum absolute atomic E-state index is 5.28. The van der Waals surface area contributed by atoms with Crippen LogP contribution in [0.1, 0.15) is 0 Å². The standard InChI is InChI=1S/C45H28N4S.2C40H25N3S/c1-3-11-29(12-4-1)31-19-23-33(24-20-31)43-46-44(34-25-21-32(22-26-34)30-13-5-2-6-14-30)48-45(47-43)49-38-17-9-7-16-37(38)41-39(49)28-27-36-35-15-8-10-18-40(35)50-42(36)41;1-3-12-26(13-4-1)33-25-34(27-14-5-2-6-15-27)42-40(41-33)28-16-11-17-29(24-28)43-35-20-9-7-19-32(35)38-36(43)23-22-31-30-18-8-10-21-37(30)44-39(31)38;1-3-12-26(13-4-1)28-16-11-17-29(24-28)34-25-33(27-14-5-2-6-15-27)41-40(42-34)43-35-20-9-7-19-32(35)38-36(43)23-22-31-30-18-8-10-21-37(30)44-39(31)38/h1-28H;2*1-25H. The Hall–Kier alpha value is -17.6. The van der Waals surface area contributed by atoms with Crippen LogP contribution < -0.4 is 0 Å². The topological polar surface area (TPSA) is 105 Å². The number of hydrogen-bond donors (Lipinski definition) is 0. The van der Waals surface area contributed by atoms with Crippen LogP contribution in [0.2, 0.25) is 0 Å². The molecule has 0 spiro atoms. The summed E-state index contributed by atoms with van der Waals surface area (Å²) in [6.07, 6.45) is 0. The number of rotatable bonds is 13. The van der Waals surface area contributed by atoms with E-state index in [0.717, 1.165) is 106 Å². The number of thiophene rings is 3. The molecule has 0 fully saturated rings. The second-order valence-electron chi connectivity index (χ2n) is 34.5. The first-order chi connectivity index (χ1) is 68.4. The van der Waals surface area contributed by atoms with Crippen molar-refractivity contribution in [3.05, 3.63) is 473 Å². The molecule has 0 aliphatic rings. The Kier molecular flexibility index (Phi) is 20.3. The maximum atomic E-state index is 5.28. The van der Waals surface area contributed by atoms with Gasteiger partial charge in [-0.25, -0.2) is 24.9 Å². The van der Waals surface area contributed by atoms with Gasteiger partial charge in [-0.05, 0) is 118 Å². The summed E-state index contributed by atoms with van der Waals surface area (Å²) < 4.78 is 14.7. The SMILES string of the molecule is c1ccc(-c2cc(-c3ccccc3)nc(-c3cccc(-n4c5ccccc5c5c6sc7ccccc7c6ccc54)c3)n2)cc1.c1ccc(-c2ccc(-c3nc(-c4ccc(-c5ccccc5)cc4)nc(-n4c5ccccc5c5c6sc7ccccc7c6ccc54)n3)cc2)cc1.c1ccc(-c2cccc(-c3cc(-c4ccccc4)nc(-n4c5ccccc5c5c6sc7ccccc7c6ccc54)n3)c2)cc1. The molecular formula is C125H78N10S3. The summed E-state index contributed by atoms with van der Waals surface area (Å²) in [6, 6.07) is 166. The summed E-state index contributed by atoms with van der Waals surface area (Å²) in [5.74, 6) is 3.23. The monoisotopic (exact) mass is 1810 g/mol. The van der Waals surface area contributed by atoms with Crippen LogP contribution in [0.4, 0.5) is 0 Å². The van der Waals surface area contributed by atoms with E-state index >= 15 is 0 Å². The lowest BCUT2D eigenvalue weighted by molar-refractivity contribution is 0.954. The van der Waals surface area contributed by atoms with Gasteiger partial charge >= 0.3 is 0 Å². The predicted molar refractivity (Wildman–Crippen MR) is 580 cm³/mol. The number of hydrogen-bond acceptors (Lipinski definition) is 10. The van der Waals surface area contributed by atoms with Gasteiger partial charge < -0.3 is 4.57 Å². The number of aromatic nitrogens is 10.